The maximum absolute atomic E-state index is 14.7. The molecule has 0 aromatic heterocycles. The molecule has 2 aromatic rings. The van der Waals surface area contributed by atoms with Gasteiger partial charge in [0.2, 0.25) is 5.79 Å². The number of ether oxygens (including phenoxy) is 4. The summed E-state index contributed by atoms with van der Waals surface area (Å²) in [4.78, 5) is 21.9. The van der Waals surface area contributed by atoms with Crippen molar-refractivity contribution in [2.24, 2.45) is 22.9 Å². The Morgan fingerprint density at radius 2 is 1.88 bits per heavy atom. The highest BCUT2D eigenvalue weighted by Gasteiger charge is 2.65. The van der Waals surface area contributed by atoms with E-state index in [2.05, 4.69) is 12.7 Å². The Morgan fingerprint density at radius 3 is 2.55 bits per heavy atom. The summed E-state index contributed by atoms with van der Waals surface area (Å²) < 4.78 is 40.8. The van der Waals surface area contributed by atoms with Gasteiger partial charge in [-0.3, -0.25) is 4.90 Å². The summed E-state index contributed by atoms with van der Waals surface area (Å²) in [5.74, 6) is -1.05. The summed E-state index contributed by atoms with van der Waals surface area (Å²) in [5, 5.41) is 24.6. The molecule has 1 saturated carbocycles. The molecule has 0 radical (unpaired) electrons. The molecule has 0 spiro atoms. The van der Waals surface area contributed by atoms with Crippen molar-refractivity contribution >= 4 is 23.4 Å². The van der Waals surface area contributed by atoms with E-state index in [0.717, 1.165) is 36.8 Å². The first kappa shape index (κ1) is 43.5. The molecule has 10 nitrogen and oxygen atoms in total. The van der Waals surface area contributed by atoms with Crippen LogP contribution in [-0.4, -0.2) is 83.2 Å². The van der Waals surface area contributed by atoms with E-state index in [1.54, 1.807) is 29.2 Å². The number of aliphatic hydroxyl groups is 2. The van der Waals surface area contributed by atoms with E-state index in [4.69, 9.17) is 40.5 Å². The molecule has 1 amide bonds. The largest absolute Gasteiger partial charge is 0.489 e. The molecule has 1 fully saturated rings. The van der Waals surface area contributed by atoms with Crippen molar-refractivity contribution in [2.75, 3.05) is 38.9 Å². The minimum Gasteiger partial charge on any atom is -0.489 e. The maximum Gasteiger partial charge on any atom is 0.410 e. The van der Waals surface area contributed by atoms with Gasteiger partial charge in [-0.25, -0.2) is 9.18 Å². The third kappa shape index (κ3) is 10.1. The normalized spacial score (nSPS) is 24.7. The zero-order chi connectivity index (χ0) is 40.3. The molecule has 308 valence electrons. The van der Waals surface area contributed by atoms with Crippen molar-refractivity contribution in [3.05, 3.63) is 83.7 Å². The molecule has 1 aliphatic heterocycles. The maximum atomic E-state index is 14.7. The molecule has 2 aromatic carbocycles. The molecule has 1 heterocycles. The number of alkyl halides is 1. The van der Waals surface area contributed by atoms with E-state index in [9.17, 15) is 19.4 Å². The lowest BCUT2D eigenvalue weighted by molar-refractivity contribution is -0.255. The van der Waals surface area contributed by atoms with E-state index in [-0.39, 0.29) is 68.9 Å². The van der Waals surface area contributed by atoms with Crippen LogP contribution in [0, 0.1) is 23.6 Å². The van der Waals surface area contributed by atoms with Gasteiger partial charge in [0.1, 0.15) is 42.2 Å². The van der Waals surface area contributed by atoms with Gasteiger partial charge in [-0.2, -0.15) is 0 Å². The number of allylic oxidation sites excluding steroid dienone is 1. The Balaban J connectivity index is 1.76. The summed E-state index contributed by atoms with van der Waals surface area (Å²) in [5.41, 5.74) is 2.39. The lowest BCUT2D eigenvalue weighted by atomic mass is 9.55. The zero-order valence-corrected chi connectivity index (χ0v) is 34.1. The number of rotatable bonds is 20. The van der Waals surface area contributed by atoms with Crippen LogP contribution in [0.4, 0.5) is 9.18 Å². The van der Waals surface area contributed by atoms with Crippen LogP contribution < -0.4 is 9.47 Å². The topological polar surface area (TPSA) is 119 Å². The van der Waals surface area contributed by atoms with E-state index in [0.29, 0.717) is 48.6 Å². The van der Waals surface area contributed by atoms with E-state index >= 15 is 0 Å². The number of carbonyl (C=O) groups is 1. The van der Waals surface area contributed by atoms with Gasteiger partial charge >= 0.3 is 6.09 Å². The Morgan fingerprint density at radius 1 is 1.12 bits per heavy atom. The van der Waals surface area contributed by atoms with Crippen molar-refractivity contribution in [3.8, 4) is 11.5 Å². The quantitative estimate of drug-likeness (QED) is 0.0590. The lowest BCUT2D eigenvalue weighted by Gasteiger charge is -2.60. The van der Waals surface area contributed by atoms with Gasteiger partial charge in [-0.15, -0.1) is 18.2 Å². The number of carbonyl (C=O) groups excluding carboxylic acids is 1. The lowest BCUT2D eigenvalue weighted by Crippen LogP contribution is -2.70. The summed E-state index contributed by atoms with van der Waals surface area (Å²) in [6.07, 6.45) is 8.89. The molecule has 0 bridgehead atoms. The van der Waals surface area contributed by atoms with Gasteiger partial charge < -0.3 is 34.0 Å². The van der Waals surface area contributed by atoms with Crippen LogP contribution in [0.3, 0.4) is 0 Å². The van der Waals surface area contributed by atoms with Crippen LogP contribution in [0.5, 0.6) is 11.5 Å². The minimum absolute atomic E-state index is 0.0385. The van der Waals surface area contributed by atoms with Crippen LogP contribution in [0.2, 0.25) is 0 Å². The van der Waals surface area contributed by atoms with Crippen molar-refractivity contribution in [1.29, 1.82) is 0 Å². The Bertz CT molecular complexity index is 1680. The number of halogens is 2. The fourth-order valence-corrected chi connectivity index (χ4v) is 8.61. The molecular formula is C44H60ClFN2O8. The molecular weight excluding hydrogens is 739 g/mol. The molecule has 2 N–H and O–H groups in total. The monoisotopic (exact) mass is 798 g/mol. The molecule has 2 aliphatic carbocycles. The molecule has 3 aliphatic rings. The van der Waals surface area contributed by atoms with Crippen LogP contribution in [-0.2, 0) is 20.9 Å². The number of hydrogen-bond donors (Lipinski definition) is 2. The second-order valence-electron chi connectivity index (χ2n) is 15.9. The average molecular weight is 799 g/mol. The molecule has 12 heteroatoms. The van der Waals surface area contributed by atoms with Gasteiger partial charge in [0.15, 0.2) is 0 Å². The van der Waals surface area contributed by atoms with Crippen molar-refractivity contribution in [3.63, 3.8) is 0 Å². The highest BCUT2D eigenvalue weighted by atomic mass is 35.5. The number of amides is 1. The first-order valence-corrected chi connectivity index (χ1v) is 20.7. The molecule has 0 saturated heterocycles. The Labute approximate surface area is 336 Å². The number of hydrogen-bond acceptors (Lipinski definition) is 9. The summed E-state index contributed by atoms with van der Waals surface area (Å²) in [6, 6.07) is 11.5. The average Bonchev–Trinajstić information content (AvgIpc) is 3.18. The third-order valence-electron chi connectivity index (χ3n) is 10.8. The van der Waals surface area contributed by atoms with Crippen LogP contribution in [0.25, 0.3) is 0 Å². The van der Waals surface area contributed by atoms with Crippen molar-refractivity contribution < 1.29 is 43.2 Å². The molecule has 6 atom stereocenters. The predicted octanol–water partition coefficient (Wildman–Crippen LogP) is 8.92. The van der Waals surface area contributed by atoms with Crippen molar-refractivity contribution in [1.82, 2.24) is 4.90 Å². The molecule has 0 unspecified atom stereocenters. The minimum atomic E-state index is -1.41. The summed E-state index contributed by atoms with van der Waals surface area (Å²) in [6.45, 7) is 12.6. The number of aliphatic hydroxyl groups excluding tert-OH is 2. The zero-order valence-electron chi connectivity index (χ0n) is 33.4. The second kappa shape index (κ2) is 20.2. The van der Waals surface area contributed by atoms with Gasteiger partial charge in [-0.05, 0) is 94.5 Å². The van der Waals surface area contributed by atoms with Gasteiger partial charge in [0.05, 0.1) is 24.1 Å². The smallest absolute Gasteiger partial charge is 0.410 e. The second-order valence-corrected chi connectivity index (χ2v) is 16.2. The van der Waals surface area contributed by atoms with Gasteiger partial charge in [-0.1, -0.05) is 55.3 Å². The van der Waals surface area contributed by atoms with Crippen LogP contribution in [0.1, 0.15) is 96.1 Å². The SMILES string of the molecule is C=CCO[C@@]12Oc3ccc(OCc4ccccc4F)cc3[C@H]3[C@H](CCCCO)[C@@H](CCCCO)C=C(C(=NOC(C)(C)C)C[C@@H]1N(CCC)C(=O)OCCCl)[C@H]32. The number of oxime groups is 1. The van der Waals surface area contributed by atoms with E-state index in [1.807, 2.05) is 45.9 Å². The standard InChI is InChI=1S/C44H60ClFN2O8/c1-6-21-48(42(51)52-25-20-45)39-28-37(47-56-43(3,4)5)34-26-30(14-10-12-22-49)33(16-11-13-23-50)40-35-27-32(53-29-31-15-8-9-17-36(31)46)18-19-38(35)55-44(39,41(34)40)54-24-7-2/h7-9,15,17-19,26-27,30,33,39-41,49-50H,2,6,10-14,16,20-25,28-29H2,1,3-5H3/t30-,33+,39-,40+,41+,44+/m0/s1. The summed E-state index contributed by atoms with van der Waals surface area (Å²) in [7, 11) is 0. The van der Waals surface area contributed by atoms with Crippen molar-refractivity contribution in [2.45, 2.75) is 109 Å². The first-order chi connectivity index (χ1) is 27.0. The highest BCUT2D eigenvalue weighted by Crippen LogP contribution is 2.62. The van der Waals surface area contributed by atoms with Crippen LogP contribution in [0.15, 0.2) is 71.9 Å². The van der Waals surface area contributed by atoms with E-state index < -0.39 is 29.4 Å². The summed E-state index contributed by atoms with van der Waals surface area (Å²) >= 11 is 5.99. The third-order valence-corrected chi connectivity index (χ3v) is 11.0. The molecule has 5 rings (SSSR count). The molecule has 56 heavy (non-hydrogen) atoms. The van der Waals surface area contributed by atoms with Crippen LogP contribution >= 0.6 is 11.6 Å². The van der Waals surface area contributed by atoms with Gasteiger partial charge in [0, 0.05) is 43.2 Å². The number of benzene rings is 2. The number of nitrogens with zero attached hydrogens (tertiary/aromatic N) is 2. The first-order valence-electron chi connectivity index (χ1n) is 20.1. The van der Waals surface area contributed by atoms with Gasteiger partial charge in [0.25, 0.3) is 0 Å². The van der Waals surface area contributed by atoms with E-state index in [1.165, 1.54) is 6.07 Å². The fraction of sp³-hybridized carbons (Fsp3) is 0.591. The Hall–Kier alpha value is -3.64. The number of unbranched alkanes of at least 4 members (excludes halogenated alkanes) is 2. The Kier molecular flexibility index (Phi) is 15.7. The highest BCUT2D eigenvalue weighted by molar-refractivity contribution is 6.18. The fourth-order valence-electron chi connectivity index (χ4n) is 8.53. The number of fused-ring (bicyclic) bond motifs is 2. The predicted molar refractivity (Wildman–Crippen MR) is 216 cm³/mol.